The van der Waals surface area contributed by atoms with Crippen molar-refractivity contribution in [1.82, 2.24) is 82.5 Å². The van der Waals surface area contributed by atoms with E-state index in [-0.39, 0.29) is 122 Å². The molecule has 14 amide bonds. The van der Waals surface area contributed by atoms with Gasteiger partial charge in [-0.25, -0.2) is 14.8 Å². The quantitative estimate of drug-likeness (QED) is 0.0167. The highest BCUT2D eigenvalue weighted by Gasteiger charge is 2.44. The lowest BCUT2D eigenvalue weighted by molar-refractivity contribution is -0.145. The predicted molar refractivity (Wildman–Crippen MR) is 394 cm³/mol. The molecular weight excluding hydrogens is 1420 g/mol. The van der Waals surface area contributed by atoms with E-state index in [1.165, 1.54) is 39.7 Å². The number of carbonyl (C=O) groups is 15. The Labute approximate surface area is 632 Å². The number of imidazole rings is 2. The molecule has 3 aliphatic heterocycles. The average molecular weight is 1540 g/mol. The van der Waals surface area contributed by atoms with Gasteiger partial charge >= 0.3 is 5.97 Å². The van der Waals surface area contributed by atoms with Gasteiger partial charge in [-0.3, -0.25) is 72.1 Å². The second-order valence-electron chi connectivity index (χ2n) is 28.3. The number of unbranched alkanes of at least 4 members (excludes halogenated alkanes) is 2. The fraction of sp³-hybridized carbons (Fsp3) is 0.681. The van der Waals surface area contributed by atoms with Crippen molar-refractivity contribution in [1.29, 1.82) is 0 Å². The number of carbonyl (C=O) groups excluding carboxylic acids is 14. The molecule has 26 N–H and O–H groups in total. The van der Waals surface area contributed by atoms with Gasteiger partial charge < -0.3 is 118 Å². The largest absolute Gasteiger partial charge is 0.480 e. The van der Waals surface area contributed by atoms with E-state index in [0.29, 0.717) is 69.2 Å². The van der Waals surface area contributed by atoms with Gasteiger partial charge in [-0.2, -0.15) is 0 Å². The van der Waals surface area contributed by atoms with Crippen LogP contribution in [0.25, 0.3) is 0 Å². The maximum atomic E-state index is 15.0. The number of likely N-dealkylation sites (tertiary alicyclic amines) is 3. The van der Waals surface area contributed by atoms with Gasteiger partial charge in [-0.1, -0.05) is 34.1 Å². The Hall–Kier alpha value is -10.4. The number of nitrogens with zero attached hydrogens (tertiary/aromatic N) is 6. The van der Waals surface area contributed by atoms with Gasteiger partial charge in [0.15, 0.2) is 5.96 Å². The highest BCUT2D eigenvalue weighted by molar-refractivity contribution is 6.00. The van der Waals surface area contributed by atoms with Gasteiger partial charge in [-0.05, 0) is 134 Å². The monoisotopic (exact) mass is 1530 g/mol. The Bertz CT molecular complexity index is 3430. The molecule has 0 bridgehead atoms. The van der Waals surface area contributed by atoms with Crippen molar-refractivity contribution in [3.05, 3.63) is 36.4 Å². The number of aromatic amines is 2. The molecule has 109 heavy (non-hydrogen) atoms. The first-order valence-corrected chi connectivity index (χ1v) is 37.4. The minimum atomic E-state index is -1.58. The molecular formula is C69H114N24O16. The van der Waals surface area contributed by atoms with Crippen molar-refractivity contribution in [2.45, 2.75) is 241 Å². The number of amides is 14. The number of nitrogens with two attached hydrogens (primary N) is 7. The third-order valence-electron chi connectivity index (χ3n) is 19.3. The van der Waals surface area contributed by atoms with Gasteiger partial charge in [0.05, 0.1) is 25.2 Å². The van der Waals surface area contributed by atoms with Crippen LogP contribution in [0.4, 0.5) is 0 Å². The molecule has 0 aliphatic carbocycles. The summed E-state index contributed by atoms with van der Waals surface area (Å²) >= 11 is 0. The predicted octanol–water partition coefficient (Wildman–Crippen LogP) is -5.77. The van der Waals surface area contributed by atoms with Crippen LogP contribution in [-0.2, 0) is 84.8 Å². The van der Waals surface area contributed by atoms with Crippen LogP contribution >= 0.6 is 0 Å². The van der Waals surface area contributed by atoms with Crippen molar-refractivity contribution in [2.24, 2.45) is 57.0 Å². The fourth-order valence-electron chi connectivity index (χ4n) is 13.2. The Morgan fingerprint density at radius 3 is 1.44 bits per heavy atom. The van der Waals surface area contributed by atoms with E-state index in [0.717, 1.165) is 0 Å². The molecule has 5 heterocycles. The van der Waals surface area contributed by atoms with E-state index in [2.05, 4.69) is 72.8 Å². The zero-order valence-corrected chi connectivity index (χ0v) is 62.7. The van der Waals surface area contributed by atoms with Gasteiger partial charge in [-0.15, -0.1) is 0 Å². The Kier molecular flexibility index (Phi) is 37.2. The van der Waals surface area contributed by atoms with Crippen molar-refractivity contribution >= 4 is 94.6 Å². The lowest BCUT2D eigenvalue weighted by atomic mass is 9.96. The number of carboxylic acids is 1. The molecule has 606 valence electrons. The van der Waals surface area contributed by atoms with Crippen LogP contribution in [0, 0.1) is 11.8 Å². The fourth-order valence-corrected chi connectivity index (χ4v) is 13.2. The van der Waals surface area contributed by atoms with Gasteiger partial charge in [0.25, 0.3) is 0 Å². The molecule has 3 aliphatic rings. The summed E-state index contributed by atoms with van der Waals surface area (Å²) < 4.78 is 0. The molecule has 5 rings (SSSR count). The lowest BCUT2D eigenvalue weighted by Crippen LogP contribution is -2.61. The van der Waals surface area contributed by atoms with E-state index in [1.807, 2.05) is 0 Å². The molecule has 2 aromatic heterocycles. The van der Waals surface area contributed by atoms with E-state index in [9.17, 15) is 77.0 Å². The number of nitrogens with one attached hydrogen (secondary N) is 11. The van der Waals surface area contributed by atoms with E-state index < -0.39 is 186 Å². The summed E-state index contributed by atoms with van der Waals surface area (Å²) in [7, 11) is 0. The summed E-state index contributed by atoms with van der Waals surface area (Å²) in [6, 6.07) is -15.3. The van der Waals surface area contributed by atoms with Crippen LogP contribution < -0.4 is 88.0 Å². The number of H-pyrrole nitrogens is 2. The first kappa shape index (κ1) is 89.2. The number of hydrogen-bond acceptors (Lipinski definition) is 21. The summed E-state index contributed by atoms with van der Waals surface area (Å²) in [4.78, 5) is 229. The maximum absolute atomic E-state index is 15.0. The summed E-state index contributed by atoms with van der Waals surface area (Å²) in [5.74, 6) is -13.1. The van der Waals surface area contributed by atoms with Gasteiger partial charge in [0, 0.05) is 75.6 Å². The number of primary amides is 2. The summed E-state index contributed by atoms with van der Waals surface area (Å²) in [5.41, 5.74) is 40.3. The first-order valence-electron chi connectivity index (χ1n) is 37.4. The zero-order valence-electron chi connectivity index (χ0n) is 62.7. The van der Waals surface area contributed by atoms with Crippen LogP contribution in [0.3, 0.4) is 0 Å². The number of aromatic nitrogens is 4. The van der Waals surface area contributed by atoms with E-state index in [4.69, 9.17) is 40.1 Å². The van der Waals surface area contributed by atoms with Crippen LogP contribution in [0.15, 0.2) is 30.0 Å². The number of carboxylic acid groups (broad SMARTS) is 1. The number of hydrogen-bond donors (Lipinski definition) is 19. The van der Waals surface area contributed by atoms with Crippen LogP contribution in [0.2, 0.25) is 0 Å². The highest BCUT2D eigenvalue weighted by atomic mass is 16.4. The Morgan fingerprint density at radius 2 is 0.963 bits per heavy atom. The topological polar surface area (TPSA) is 646 Å². The SMILES string of the molecule is CC[C@H](C)[C@H](NC(=O)[C@@H]1CCCN1C(=O)[C@H](Cc1cnc[nH]1)NC(=O)[C@H](CCCCN)NC(=O)[C@@H]1CCCN1C(=O)[C@@H](N)CCCN=C(N)N)C(=O)N[C@@H](CCCCN)C(=O)N[C@@H](Cc1cnc[nH]1)C(=O)N[C@@H](CCC(N)=O)C(=O)NCC(=O)N[C@@H](CC(C)C)C(=O)N1CCC[C@H]1C(=O)N[C@@H](CCC(N)=O)C(=O)O. The molecule has 40 heteroatoms. The normalized spacial score (nSPS) is 18.2. The number of aliphatic carboxylic acids is 1. The minimum absolute atomic E-state index is 0.0343. The number of aliphatic imine (C=N–C) groups is 1. The van der Waals surface area contributed by atoms with E-state index >= 15 is 0 Å². The van der Waals surface area contributed by atoms with Crippen LogP contribution in [0.1, 0.15) is 167 Å². The summed E-state index contributed by atoms with van der Waals surface area (Å²) in [6.07, 6.45) is 8.13. The molecule has 40 nitrogen and oxygen atoms in total. The van der Waals surface area contributed by atoms with Gasteiger partial charge in [0.1, 0.15) is 66.5 Å². The van der Waals surface area contributed by atoms with Crippen LogP contribution in [-0.4, -0.2) is 253 Å². The summed E-state index contributed by atoms with van der Waals surface area (Å²) in [6.45, 7) is 7.38. The van der Waals surface area contributed by atoms with E-state index in [1.54, 1.807) is 27.7 Å². The van der Waals surface area contributed by atoms with Crippen molar-refractivity contribution in [2.75, 3.05) is 45.8 Å². The van der Waals surface area contributed by atoms with Crippen molar-refractivity contribution in [3.8, 4) is 0 Å². The minimum Gasteiger partial charge on any atom is -0.480 e. The van der Waals surface area contributed by atoms with Crippen molar-refractivity contribution < 1.29 is 77.0 Å². The third-order valence-corrected chi connectivity index (χ3v) is 19.3. The third kappa shape index (κ3) is 28.9. The molecule has 0 spiro atoms. The Morgan fingerprint density at radius 1 is 0.523 bits per heavy atom. The highest BCUT2D eigenvalue weighted by Crippen LogP contribution is 2.25. The molecule has 2 aromatic rings. The van der Waals surface area contributed by atoms with Crippen LogP contribution in [0.5, 0.6) is 0 Å². The molecule has 3 fully saturated rings. The standard InChI is InChI=1S/C69H114N24O16/c1-5-39(4)56(90-63(103)52-19-13-29-93(52)67(107)49(32-41-34-78-37-82-41)89-59(99)43(15-6-8-24-70)85-61(101)50-17-11-27-91(50)65(105)42(72)14-10-26-79-69(75)76)64(104)86-44(16-7-9-25-71)58(98)88-47(31-40-33-77-36-81-40)60(100)84-45(20-22-53(73)94)57(97)80-35-55(96)83-48(30-38(2)3)66(106)92-28-12-18-51(92)62(102)87-46(68(108)109)21-23-54(74)95/h33-34,36-39,42-52,56H,5-32,35,70-72H2,1-4H3,(H2,73,94)(H2,74,95)(H,77,81)(H,78,82)(H,80,97)(H,83,96)(H,84,100)(H,85,101)(H,86,104)(H,87,102)(H,88,98)(H,89,99)(H,90,103)(H,108,109)(H4,75,76,79)/t39-,42-,43-,44-,45-,46-,47-,48-,49-,50-,51-,52-,56-/m0/s1. The lowest BCUT2D eigenvalue weighted by Gasteiger charge is -2.32. The molecule has 0 aromatic carbocycles. The first-order chi connectivity index (χ1) is 51.9. The van der Waals surface area contributed by atoms with Gasteiger partial charge in [0.2, 0.25) is 82.7 Å². The maximum Gasteiger partial charge on any atom is 0.326 e. The smallest absolute Gasteiger partial charge is 0.326 e. The second kappa shape index (κ2) is 45.4. The number of guanidine groups is 1. The summed E-state index contributed by atoms with van der Waals surface area (Å²) in [5, 5.41) is 33.6. The molecule has 0 saturated carbocycles. The Balaban J connectivity index is 1.31. The van der Waals surface area contributed by atoms with Crippen molar-refractivity contribution in [3.63, 3.8) is 0 Å². The molecule has 0 unspecified atom stereocenters. The second-order valence-corrected chi connectivity index (χ2v) is 28.3. The average Bonchev–Trinajstić information content (AvgIpc) is 1.74. The zero-order chi connectivity index (χ0) is 80.4. The molecule has 3 saturated heterocycles. The molecule has 13 atom stereocenters. The molecule has 0 radical (unpaired) electrons. The number of rotatable bonds is 48.